The molecule has 0 radical (unpaired) electrons. The standard InChI is InChI=1S/C16H18N2O.C2H6/c1-10(19)13(8-17)7-11-5-6-12-9-18-15-4-2-3-14(11)16(12)15;1-2/h2-4,7,9,13,18H,5-6,8,17H2,1H3;1-2H3/b11-7+;. The van der Waals surface area contributed by atoms with Gasteiger partial charge in [0.15, 0.2) is 0 Å². The molecule has 21 heavy (non-hydrogen) atoms. The molecule has 0 bridgehead atoms. The molecule has 0 spiro atoms. The summed E-state index contributed by atoms with van der Waals surface area (Å²) < 4.78 is 0. The molecular formula is C18H24N2O. The van der Waals surface area contributed by atoms with E-state index in [1.807, 2.05) is 13.8 Å². The fourth-order valence-corrected chi connectivity index (χ4v) is 2.89. The molecule has 3 heteroatoms. The minimum Gasteiger partial charge on any atom is -0.361 e. The van der Waals surface area contributed by atoms with Gasteiger partial charge in [0.2, 0.25) is 0 Å². The van der Waals surface area contributed by atoms with Crippen LogP contribution in [0.2, 0.25) is 0 Å². The Bertz CT molecular complexity index is 667. The molecule has 1 aliphatic carbocycles. The number of rotatable bonds is 3. The van der Waals surface area contributed by atoms with Crippen LogP contribution in [-0.2, 0) is 11.2 Å². The third-order valence-corrected chi connectivity index (χ3v) is 3.98. The van der Waals surface area contributed by atoms with Gasteiger partial charge in [-0.25, -0.2) is 0 Å². The van der Waals surface area contributed by atoms with E-state index in [9.17, 15) is 4.79 Å². The molecule has 0 fully saturated rings. The van der Waals surface area contributed by atoms with Gasteiger partial charge in [-0.1, -0.05) is 32.1 Å². The Balaban J connectivity index is 0.000000774. The molecule has 0 saturated carbocycles. The maximum atomic E-state index is 11.6. The molecule has 3 nitrogen and oxygen atoms in total. The first-order valence-electron chi connectivity index (χ1n) is 7.71. The second kappa shape index (κ2) is 6.72. The lowest BCUT2D eigenvalue weighted by atomic mass is 9.86. The average Bonchev–Trinajstić information content (AvgIpc) is 2.93. The van der Waals surface area contributed by atoms with Gasteiger partial charge in [0.05, 0.1) is 0 Å². The number of carbonyl (C=O) groups excluding carboxylic acids is 1. The Labute approximate surface area is 126 Å². The maximum Gasteiger partial charge on any atom is 0.137 e. The van der Waals surface area contributed by atoms with E-state index in [2.05, 4.69) is 35.5 Å². The van der Waals surface area contributed by atoms with Gasteiger partial charge >= 0.3 is 0 Å². The van der Waals surface area contributed by atoms with Gasteiger partial charge in [0, 0.05) is 29.6 Å². The number of nitrogens with two attached hydrogens (primary N) is 1. The number of hydrogen-bond acceptors (Lipinski definition) is 2. The van der Waals surface area contributed by atoms with Gasteiger partial charge in [-0.2, -0.15) is 0 Å². The van der Waals surface area contributed by atoms with Crippen LogP contribution in [0.3, 0.4) is 0 Å². The van der Waals surface area contributed by atoms with Crippen molar-refractivity contribution in [3.8, 4) is 0 Å². The Morgan fingerprint density at radius 3 is 2.81 bits per heavy atom. The zero-order chi connectivity index (χ0) is 15.4. The van der Waals surface area contributed by atoms with E-state index in [1.165, 1.54) is 27.6 Å². The number of nitrogens with one attached hydrogen (secondary N) is 1. The molecule has 0 amide bonds. The van der Waals surface area contributed by atoms with Gasteiger partial charge in [-0.05, 0) is 42.5 Å². The number of aromatic amines is 1. The summed E-state index contributed by atoms with van der Waals surface area (Å²) in [6, 6.07) is 6.29. The summed E-state index contributed by atoms with van der Waals surface area (Å²) in [5, 5.41) is 1.30. The third kappa shape index (κ3) is 2.93. The number of aryl methyl sites for hydroxylation is 1. The predicted octanol–water partition coefficient (Wildman–Crippen LogP) is 3.69. The molecule has 1 aromatic carbocycles. The van der Waals surface area contributed by atoms with Crippen LogP contribution in [0, 0.1) is 5.92 Å². The van der Waals surface area contributed by atoms with Gasteiger partial charge in [-0.15, -0.1) is 0 Å². The van der Waals surface area contributed by atoms with Crippen LogP contribution >= 0.6 is 0 Å². The first-order chi connectivity index (χ1) is 10.2. The maximum absolute atomic E-state index is 11.6. The molecule has 1 atom stereocenters. The number of aromatic nitrogens is 1. The summed E-state index contributed by atoms with van der Waals surface area (Å²) in [6.07, 6.45) is 6.16. The molecule has 1 aliphatic rings. The largest absolute Gasteiger partial charge is 0.361 e. The number of hydrogen-bond donors (Lipinski definition) is 2. The van der Waals surface area contributed by atoms with E-state index in [0.29, 0.717) is 6.54 Å². The van der Waals surface area contributed by atoms with Gasteiger partial charge < -0.3 is 10.7 Å². The predicted molar refractivity (Wildman–Crippen MR) is 89.2 cm³/mol. The molecule has 1 aromatic heterocycles. The topological polar surface area (TPSA) is 58.9 Å². The zero-order valence-corrected chi connectivity index (χ0v) is 13.1. The number of benzene rings is 1. The van der Waals surface area contributed by atoms with Gasteiger partial charge in [-0.3, -0.25) is 4.79 Å². The van der Waals surface area contributed by atoms with Crippen LogP contribution in [-0.4, -0.2) is 17.3 Å². The number of carbonyl (C=O) groups is 1. The second-order valence-corrected chi connectivity index (χ2v) is 5.19. The summed E-state index contributed by atoms with van der Waals surface area (Å²) in [5.41, 5.74) is 10.7. The van der Waals surface area contributed by atoms with Crippen LogP contribution in [0.4, 0.5) is 0 Å². The van der Waals surface area contributed by atoms with Crippen molar-refractivity contribution in [3.05, 3.63) is 41.6 Å². The monoisotopic (exact) mass is 284 g/mol. The van der Waals surface area contributed by atoms with E-state index >= 15 is 0 Å². The van der Waals surface area contributed by atoms with Crippen molar-refractivity contribution in [3.63, 3.8) is 0 Å². The Morgan fingerprint density at radius 1 is 1.38 bits per heavy atom. The molecule has 0 saturated heterocycles. The van der Waals surface area contributed by atoms with Crippen molar-refractivity contribution in [2.24, 2.45) is 11.7 Å². The first kappa shape index (κ1) is 15.5. The summed E-state index contributed by atoms with van der Waals surface area (Å²) in [4.78, 5) is 14.9. The highest BCUT2D eigenvalue weighted by molar-refractivity contribution is 5.97. The molecule has 3 rings (SSSR count). The van der Waals surface area contributed by atoms with Crippen LogP contribution in [0.5, 0.6) is 0 Å². The average molecular weight is 284 g/mol. The van der Waals surface area contributed by atoms with Crippen LogP contribution in [0.15, 0.2) is 30.5 Å². The van der Waals surface area contributed by atoms with Crippen molar-refractivity contribution in [2.75, 3.05) is 6.54 Å². The van der Waals surface area contributed by atoms with Gasteiger partial charge in [0.25, 0.3) is 0 Å². The lowest BCUT2D eigenvalue weighted by Crippen LogP contribution is -2.20. The normalized spacial score (nSPS) is 16.5. The smallest absolute Gasteiger partial charge is 0.137 e. The lowest BCUT2D eigenvalue weighted by molar-refractivity contribution is -0.119. The van der Waals surface area contributed by atoms with E-state index < -0.39 is 0 Å². The van der Waals surface area contributed by atoms with Crippen molar-refractivity contribution < 1.29 is 4.79 Å². The third-order valence-electron chi connectivity index (χ3n) is 3.98. The first-order valence-corrected chi connectivity index (χ1v) is 7.71. The molecule has 3 N–H and O–H groups in total. The highest BCUT2D eigenvalue weighted by atomic mass is 16.1. The van der Waals surface area contributed by atoms with Crippen molar-refractivity contribution in [2.45, 2.75) is 33.6 Å². The molecule has 1 unspecified atom stereocenters. The lowest BCUT2D eigenvalue weighted by Gasteiger charge is -2.18. The fourth-order valence-electron chi connectivity index (χ4n) is 2.89. The van der Waals surface area contributed by atoms with E-state index in [0.717, 1.165) is 12.8 Å². The zero-order valence-electron chi connectivity index (χ0n) is 13.1. The summed E-state index contributed by atoms with van der Waals surface area (Å²) in [6.45, 7) is 5.99. The highest BCUT2D eigenvalue weighted by Gasteiger charge is 2.19. The van der Waals surface area contributed by atoms with E-state index in [-0.39, 0.29) is 11.7 Å². The quantitative estimate of drug-likeness (QED) is 0.903. The Morgan fingerprint density at radius 2 is 2.14 bits per heavy atom. The van der Waals surface area contributed by atoms with Crippen molar-refractivity contribution >= 4 is 22.3 Å². The number of H-pyrrole nitrogens is 1. The summed E-state index contributed by atoms with van der Waals surface area (Å²) in [5.74, 6) is -0.0206. The van der Waals surface area contributed by atoms with Crippen molar-refractivity contribution in [1.82, 2.24) is 4.98 Å². The highest BCUT2D eigenvalue weighted by Crippen LogP contribution is 2.36. The number of Topliss-reactive ketones (excluding diaryl/α,β-unsaturated/α-hetero) is 1. The molecule has 1 heterocycles. The van der Waals surface area contributed by atoms with Gasteiger partial charge in [0.1, 0.15) is 5.78 Å². The van der Waals surface area contributed by atoms with E-state index in [1.54, 1.807) is 6.92 Å². The second-order valence-electron chi connectivity index (χ2n) is 5.19. The molecular weight excluding hydrogens is 260 g/mol. The number of ketones is 1. The van der Waals surface area contributed by atoms with Crippen LogP contribution in [0.25, 0.3) is 16.5 Å². The van der Waals surface area contributed by atoms with Crippen LogP contribution in [0.1, 0.15) is 38.3 Å². The summed E-state index contributed by atoms with van der Waals surface area (Å²) in [7, 11) is 0. The summed E-state index contributed by atoms with van der Waals surface area (Å²) >= 11 is 0. The SMILES string of the molecule is CC.CC(=O)C(/C=C1\CCc2c[nH]c3cccc1c23)CN. The Kier molecular flexibility index (Phi) is 4.97. The Hall–Kier alpha value is -1.87. The van der Waals surface area contributed by atoms with E-state index in [4.69, 9.17) is 5.73 Å². The van der Waals surface area contributed by atoms with Crippen molar-refractivity contribution in [1.29, 1.82) is 0 Å². The molecule has 0 aliphatic heterocycles. The minimum atomic E-state index is -0.161. The molecule has 2 aromatic rings. The van der Waals surface area contributed by atoms with Crippen LogP contribution < -0.4 is 5.73 Å². The molecule has 112 valence electrons. The number of allylic oxidation sites excluding steroid dienone is 1. The fraction of sp³-hybridized carbons (Fsp3) is 0.389. The minimum absolute atomic E-state index is 0.141.